The van der Waals surface area contributed by atoms with Crippen molar-refractivity contribution < 1.29 is 0 Å². The lowest BCUT2D eigenvalue weighted by Gasteiger charge is -2.12. The normalized spacial score (nSPS) is 11.0. The molecule has 1 aromatic carbocycles. The number of hydrogen-bond acceptors (Lipinski definition) is 3. The van der Waals surface area contributed by atoms with Crippen LogP contribution in [0.15, 0.2) is 58.1 Å². The van der Waals surface area contributed by atoms with Crippen LogP contribution in [-0.2, 0) is 13.1 Å². The molecule has 0 fully saturated rings. The van der Waals surface area contributed by atoms with Crippen LogP contribution in [0.5, 0.6) is 0 Å². The fourth-order valence-electron chi connectivity index (χ4n) is 2.64. The Morgan fingerprint density at radius 3 is 2.52 bits per heavy atom. The molecular formula is C18H18N2O2S. The molecule has 0 saturated carbocycles. The lowest BCUT2D eigenvalue weighted by Crippen LogP contribution is -2.40. The third-order valence-electron chi connectivity index (χ3n) is 3.63. The highest BCUT2D eigenvalue weighted by Gasteiger charge is 2.15. The van der Waals surface area contributed by atoms with Gasteiger partial charge in [-0.25, -0.2) is 4.79 Å². The summed E-state index contributed by atoms with van der Waals surface area (Å²) >= 11 is 1.47. The van der Waals surface area contributed by atoms with Crippen molar-refractivity contribution in [2.45, 2.75) is 26.9 Å². The molecule has 0 amide bonds. The van der Waals surface area contributed by atoms with Gasteiger partial charge in [0, 0.05) is 11.4 Å². The number of aromatic nitrogens is 2. The quantitative estimate of drug-likeness (QED) is 0.691. The van der Waals surface area contributed by atoms with Crippen LogP contribution in [0, 0.1) is 6.92 Å². The Bertz CT molecular complexity index is 994. The lowest BCUT2D eigenvalue weighted by atomic mass is 10.2. The van der Waals surface area contributed by atoms with E-state index in [-0.39, 0.29) is 17.8 Å². The molecule has 3 rings (SSSR count). The van der Waals surface area contributed by atoms with E-state index < -0.39 is 0 Å². The van der Waals surface area contributed by atoms with Crippen molar-refractivity contribution in [1.29, 1.82) is 0 Å². The molecule has 0 bridgehead atoms. The second-order valence-electron chi connectivity index (χ2n) is 5.78. The number of thiophene rings is 1. The summed E-state index contributed by atoms with van der Waals surface area (Å²) in [7, 11) is 0. The molecule has 0 atom stereocenters. The van der Waals surface area contributed by atoms with E-state index >= 15 is 0 Å². The van der Waals surface area contributed by atoms with E-state index in [9.17, 15) is 9.59 Å². The number of benzene rings is 1. The lowest BCUT2D eigenvalue weighted by molar-refractivity contribution is 0.635. The largest absolute Gasteiger partial charge is 0.332 e. The topological polar surface area (TPSA) is 44.0 Å². The first-order valence-electron chi connectivity index (χ1n) is 7.39. The van der Waals surface area contributed by atoms with Crippen LogP contribution >= 0.6 is 11.3 Å². The highest BCUT2D eigenvalue weighted by molar-refractivity contribution is 7.18. The van der Waals surface area contributed by atoms with Crippen molar-refractivity contribution in [3.8, 4) is 0 Å². The van der Waals surface area contributed by atoms with Gasteiger partial charge < -0.3 is 0 Å². The molecule has 23 heavy (non-hydrogen) atoms. The molecule has 0 unspecified atom stereocenters. The Morgan fingerprint density at radius 1 is 1.17 bits per heavy atom. The molecule has 3 aromatic rings. The first-order chi connectivity index (χ1) is 11.0. The van der Waals surface area contributed by atoms with E-state index in [1.807, 2.05) is 50.2 Å². The van der Waals surface area contributed by atoms with Crippen LogP contribution in [0.2, 0.25) is 0 Å². The summed E-state index contributed by atoms with van der Waals surface area (Å²) in [6, 6.07) is 11.4. The zero-order valence-electron chi connectivity index (χ0n) is 13.2. The van der Waals surface area contributed by atoms with Gasteiger partial charge in [-0.15, -0.1) is 11.3 Å². The van der Waals surface area contributed by atoms with E-state index in [2.05, 4.69) is 6.58 Å². The van der Waals surface area contributed by atoms with Gasteiger partial charge in [0.15, 0.2) is 0 Å². The van der Waals surface area contributed by atoms with Crippen molar-refractivity contribution in [2.75, 3.05) is 0 Å². The smallest absolute Gasteiger partial charge is 0.280 e. The maximum atomic E-state index is 12.8. The first kappa shape index (κ1) is 15.5. The number of hydrogen-bond donors (Lipinski definition) is 0. The van der Waals surface area contributed by atoms with Gasteiger partial charge in [0.05, 0.1) is 11.9 Å². The fraction of sp³-hybridized carbons (Fsp3) is 0.222. The second-order valence-corrected chi connectivity index (χ2v) is 7.01. The molecule has 2 heterocycles. The van der Waals surface area contributed by atoms with E-state index in [4.69, 9.17) is 0 Å². The van der Waals surface area contributed by atoms with Gasteiger partial charge in [0.25, 0.3) is 5.56 Å². The third-order valence-corrected chi connectivity index (χ3v) is 4.70. The Hall–Kier alpha value is -2.40. The molecule has 0 saturated heterocycles. The molecular weight excluding hydrogens is 308 g/mol. The summed E-state index contributed by atoms with van der Waals surface area (Å²) in [6.07, 6.45) is 0. The van der Waals surface area contributed by atoms with Gasteiger partial charge in [0.1, 0.15) is 4.83 Å². The summed E-state index contributed by atoms with van der Waals surface area (Å²) in [4.78, 5) is 27.3. The number of aryl methyl sites for hydroxylation is 1. The summed E-state index contributed by atoms with van der Waals surface area (Å²) in [5.74, 6) is 0. The van der Waals surface area contributed by atoms with Crippen LogP contribution in [0.25, 0.3) is 10.2 Å². The minimum absolute atomic E-state index is 0.226. The van der Waals surface area contributed by atoms with Gasteiger partial charge >= 0.3 is 5.69 Å². The monoisotopic (exact) mass is 326 g/mol. The number of rotatable bonds is 4. The maximum absolute atomic E-state index is 12.8. The molecule has 5 heteroatoms. The van der Waals surface area contributed by atoms with Gasteiger partial charge in [-0.2, -0.15) is 0 Å². The summed E-state index contributed by atoms with van der Waals surface area (Å²) in [5.41, 5.74) is 1.30. The zero-order valence-corrected chi connectivity index (χ0v) is 14.0. The third kappa shape index (κ3) is 2.92. The number of allylic oxidation sites excluding steroid dienone is 1. The molecule has 118 valence electrons. The standard InChI is InChI=1S/C18H18N2O2S/c1-12(2)10-20-17-15(9-13(3)23-17)16(21)19(18(20)22)11-14-7-5-4-6-8-14/h4-9H,1,10-11H2,2-3H3. The average Bonchev–Trinajstić information content (AvgIpc) is 2.91. The van der Waals surface area contributed by atoms with E-state index in [1.54, 1.807) is 4.57 Å². The Morgan fingerprint density at radius 2 is 1.87 bits per heavy atom. The van der Waals surface area contributed by atoms with Gasteiger partial charge in [-0.1, -0.05) is 42.5 Å². The van der Waals surface area contributed by atoms with Gasteiger partial charge in [-0.3, -0.25) is 13.9 Å². The molecule has 2 aromatic heterocycles. The SMILES string of the molecule is C=C(C)Cn1c(=O)n(Cc2ccccc2)c(=O)c2cc(C)sc21. The van der Waals surface area contributed by atoms with E-state index in [0.29, 0.717) is 11.9 Å². The molecule has 4 nitrogen and oxygen atoms in total. The van der Waals surface area contributed by atoms with Crippen molar-refractivity contribution in [3.63, 3.8) is 0 Å². The van der Waals surface area contributed by atoms with Crippen molar-refractivity contribution >= 4 is 21.6 Å². The summed E-state index contributed by atoms with van der Waals surface area (Å²) in [6.45, 7) is 8.42. The molecule has 0 aliphatic carbocycles. The van der Waals surface area contributed by atoms with Crippen LogP contribution in [0.1, 0.15) is 17.4 Å². The van der Waals surface area contributed by atoms with Crippen LogP contribution in [0.3, 0.4) is 0 Å². The van der Waals surface area contributed by atoms with E-state index in [0.717, 1.165) is 20.8 Å². The number of nitrogens with zero attached hydrogens (tertiary/aromatic N) is 2. The minimum Gasteiger partial charge on any atom is -0.280 e. The highest BCUT2D eigenvalue weighted by atomic mass is 32.1. The van der Waals surface area contributed by atoms with Crippen molar-refractivity contribution in [1.82, 2.24) is 9.13 Å². The molecule has 0 aliphatic heterocycles. The average molecular weight is 326 g/mol. The second kappa shape index (κ2) is 6.01. The fourth-order valence-corrected chi connectivity index (χ4v) is 3.63. The minimum atomic E-state index is -0.281. The number of fused-ring (bicyclic) bond motifs is 1. The molecule has 0 N–H and O–H groups in total. The Kier molecular flexibility index (Phi) is 4.05. The van der Waals surface area contributed by atoms with Crippen molar-refractivity contribution in [3.05, 3.63) is 79.8 Å². The summed E-state index contributed by atoms with van der Waals surface area (Å²) in [5, 5.41) is 0.601. The van der Waals surface area contributed by atoms with Crippen molar-refractivity contribution in [2.24, 2.45) is 0 Å². The predicted molar refractivity (Wildman–Crippen MR) is 95.4 cm³/mol. The maximum Gasteiger partial charge on any atom is 0.332 e. The molecule has 0 aliphatic rings. The van der Waals surface area contributed by atoms with Crippen LogP contribution in [-0.4, -0.2) is 9.13 Å². The Labute approximate surface area is 137 Å². The summed E-state index contributed by atoms with van der Waals surface area (Å²) < 4.78 is 2.96. The van der Waals surface area contributed by atoms with E-state index in [1.165, 1.54) is 15.9 Å². The van der Waals surface area contributed by atoms with Gasteiger partial charge in [0.2, 0.25) is 0 Å². The van der Waals surface area contributed by atoms with Crippen LogP contribution < -0.4 is 11.2 Å². The zero-order chi connectivity index (χ0) is 16.6. The predicted octanol–water partition coefficient (Wildman–Crippen LogP) is 3.16. The molecule has 0 spiro atoms. The first-order valence-corrected chi connectivity index (χ1v) is 8.21. The molecule has 0 radical (unpaired) electrons. The Balaban J connectivity index is 2.27. The van der Waals surface area contributed by atoms with Gasteiger partial charge in [-0.05, 0) is 25.5 Å². The van der Waals surface area contributed by atoms with Crippen LogP contribution in [0.4, 0.5) is 0 Å². The highest BCUT2D eigenvalue weighted by Crippen LogP contribution is 2.21.